The second kappa shape index (κ2) is 2.85. The van der Waals surface area contributed by atoms with Crippen LogP contribution in [-0.4, -0.2) is 7.11 Å². The number of nitrogen functional groups attached to an aromatic ring is 1. The fourth-order valence-corrected chi connectivity index (χ4v) is 1.45. The van der Waals surface area contributed by atoms with Gasteiger partial charge in [-0.3, -0.25) is 0 Å². The van der Waals surface area contributed by atoms with Crippen LogP contribution < -0.4 is 10.5 Å². The minimum atomic E-state index is -4.34. The highest BCUT2D eigenvalue weighted by Gasteiger charge is 2.33. The second-order valence-corrected chi connectivity index (χ2v) is 3.12. The van der Waals surface area contributed by atoms with Crippen LogP contribution in [0.2, 0.25) is 0 Å². The summed E-state index contributed by atoms with van der Waals surface area (Å²) in [6.07, 6.45) is -4.34. The predicted octanol–water partition coefficient (Wildman–Crippen LogP) is 2.36. The molecule has 1 aromatic heterocycles. The van der Waals surface area contributed by atoms with Crippen LogP contribution in [0.25, 0.3) is 0 Å². The van der Waals surface area contributed by atoms with Gasteiger partial charge < -0.3 is 10.5 Å². The van der Waals surface area contributed by atoms with Gasteiger partial charge >= 0.3 is 6.18 Å². The van der Waals surface area contributed by atoms with Gasteiger partial charge in [0.1, 0.15) is 9.88 Å². The van der Waals surface area contributed by atoms with Gasteiger partial charge in [-0.25, -0.2) is 0 Å². The lowest BCUT2D eigenvalue weighted by Gasteiger charge is -1.99. The molecule has 0 aliphatic rings. The summed E-state index contributed by atoms with van der Waals surface area (Å²) < 4.78 is 40.7. The summed E-state index contributed by atoms with van der Waals surface area (Å²) in [5, 5.41) is 0.0461. The van der Waals surface area contributed by atoms with Crippen molar-refractivity contribution in [3.05, 3.63) is 10.9 Å². The summed E-state index contributed by atoms with van der Waals surface area (Å²) >= 11 is 0.474. The summed E-state index contributed by atoms with van der Waals surface area (Å²) in [5.41, 5.74) is 5.24. The van der Waals surface area contributed by atoms with Crippen molar-refractivity contribution in [3.8, 4) is 5.75 Å². The third-order valence-corrected chi connectivity index (χ3v) is 2.21. The number of hydrogen-bond acceptors (Lipinski definition) is 3. The van der Waals surface area contributed by atoms with Gasteiger partial charge in [0, 0.05) is 6.07 Å². The molecule has 0 bridgehead atoms. The van der Waals surface area contributed by atoms with E-state index in [9.17, 15) is 13.2 Å². The highest BCUT2D eigenvalue weighted by molar-refractivity contribution is 7.16. The molecule has 1 rings (SSSR count). The highest BCUT2D eigenvalue weighted by atomic mass is 32.1. The van der Waals surface area contributed by atoms with Gasteiger partial charge in [-0.1, -0.05) is 0 Å². The van der Waals surface area contributed by atoms with Crippen LogP contribution in [0.4, 0.5) is 18.2 Å². The summed E-state index contributed by atoms with van der Waals surface area (Å²) in [7, 11) is 1.28. The first-order valence-corrected chi connectivity index (χ1v) is 3.77. The van der Waals surface area contributed by atoms with Gasteiger partial charge in [0.15, 0.2) is 5.75 Å². The highest BCUT2D eigenvalue weighted by Crippen LogP contribution is 2.41. The maximum absolute atomic E-state index is 12.0. The number of nitrogens with two attached hydrogens (primary N) is 1. The lowest BCUT2D eigenvalue weighted by Crippen LogP contribution is -2.00. The molecule has 12 heavy (non-hydrogen) atoms. The number of halogens is 3. The van der Waals surface area contributed by atoms with E-state index in [-0.39, 0.29) is 10.8 Å². The lowest BCUT2D eigenvalue weighted by atomic mass is 10.4. The summed E-state index contributed by atoms with van der Waals surface area (Å²) in [5.74, 6) is 0.0762. The molecule has 2 nitrogen and oxygen atoms in total. The molecule has 0 saturated carbocycles. The molecule has 0 atom stereocenters. The molecule has 0 aromatic carbocycles. The first kappa shape index (κ1) is 9.18. The fraction of sp³-hybridized carbons (Fsp3) is 0.333. The van der Waals surface area contributed by atoms with Gasteiger partial charge in [-0.15, -0.1) is 11.3 Å². The van der Waals surface area contributed by atoms with Crippen molar-refractivity contribution in [3.63, 3.8) is 0 Å². The van der Waals surface area contributed by atoms with Crippen LogP contribution in [0.5, 0.6) is 5.75 Å². The van der Waals surface area contributed by atoms with Gasteiger partial charge in [-0.2, -0.15) is 13.2 Å². The Morgan fingerprint density at radius 3 is 2.33 bits per heavy atom. The Hall–Kier alpha value is -0.910. The van der Waals surface area contributed by atoms with Crippen molar-refractivity contribution < 1.29 is 17.9 Å². The van der Waals surface area contributed by atoms with Crippen LogP contribution in [-0.2, 0) is 6.18 Å². The average molecular weight is 197 g/mol. The molecule has 1 aromatic rings. The Morgan fingerprint density at radius 1 is 1.50 bits per heavy atom. The summed E-state index contributed by atoms with van der Waals surface area (Å²) in [6.45, 7) is 0. The molecule has 0 spiro atoms. The Morgan fingerprint density at radius 2 is 2.08 bits per heavy atom. The van der Waals surface area contributed by atoms with E-state index < -0.39 is 11.1 Å². The Bertz CT molecular complexity index is 281. The van der Waals surface area contributed by atoms with Crippen LogP contribution in [0.3, 0.4) is 0 Å². The van der Waals surface area contributed by atoms with Gasteiger partial charge in [0.25, 0.3) is 0 Å². The van der Waals surface area contributed by atoms with E-state index in [2.05, 4.69) is 4.74 Å². The maximum Gasteiger partial charge on any atom is 0.425 e. The number of methoxy groups -OCH3 is 1. The molecule has 0 saturated heterocycles. The van der Waals surface area contributed by atoms with E-state index >= 15 is 0 Å². The number of anilines is 1. The minimum absolute atomic E-state index is 0.0461. The summed E-state index contributed by atoms with van der Waals surface area (Å²) in [6, 6.07) is 0.889. The van der Waals surface area contributed by atoms with E-state index in [1.807, 2.05) is 0 Å². The number of alkyl halides is 3. The first-order chi connectivity index (χ1) is 5.45. The van der Waals surface area contributed by atoms with Crippen LogP contribution in [0, 0.1) is 0 Å². The smallest absolute Gasteiger partial charge is 0.425 e. The van der Waals surface area contributed by atoms with Crippen molar-refractivity contribution in [1.82, 2.24) is 0 Å². The first-order valence-electron chi connectivity index (χ1n) is 2.95. The van der Waals surface area contributed by atoms with Gasteiger partial charge in [0.2, 0.25) is 0 Å². The lowest BCUT2D eigenvalue weighted by molar-refractivity contribution is -0.134. The predicted molar refractivity (Wildman–Crippen MR) is 40.3 cm³/mol. The summed E-state index contributed by atoms with van der Waals surface area (Å²) in [4.78, 5) is -0.739. The fourth-order valence-electron chi connectivity index (χ4n) is 0.688. The molecule has 0 fully saturated rings. The zero-order valence-corrected chi connectivity index (χ0v) is 6.92. The zero-order chi connectivity index (χ0) is 9.35. The van der Waals surface area contributed by atoms with E-state index in [1.165, 1.54) is 7.11 Å². The van der Waals surface area contributed by atoms with Crippen LogP contribution in [0.1, 0.15) is 4.88 Å². The molecule has 0 aliphatic carbocycles. The van der Waals surface area contributed by atoms with Crippen molar-refractivity contribution in [2.24, 2.45) is 0 Å². The van der Waals surface area contributed by atoms with Crippen LogP contribution in [0.15, 0.2) is 6.07 Å². The van der Waals surface area contributed by atoms with E-state index in [0.717, 1.165) is 6.07 Å². The van der Waals surface area contributed by atoms with Crippen molar-refractivity contribution in [2.75, 3.05) is 12.8 Å². The van der Waals surface area contributed by atoms with Gasteiger partial charge in [0.05, 0.1) is 7.11 Å². The third kappa shape index (κ3) is 1.63. The molecule has 0 radical (unpaired) electrons. The Kier molecular flexibility index (Phi) is 2.18. The second-order valence-electron chi connectivity index (χ2n) is 2.04. The topological polar surface area (TPSA) is 35.2 Å². The Balaban J connectivity index is 3.05. The molecule has 1 heterocycles. The minimum Gasteiger partial charge on any atom is -0.494 e. The van der Waals surface area contributed by atoms with E-state index in [4.69, 9.17) is 5.73 Å². The zero-order valence-electron chi connectivity index (χ0n) is 6.11. The molecular weight excluding hydrogens is 191 g/mol. The molecule has 2 N–H and O–H groups in total. The van der Waals surface area contributed by atoms with Crippen molar-refractivity contribution >= 4 is 16.3 Å². The Labute approximate surface area is 70.8 Å². The monoisotopic (exact) mass is 197 g/mol. The van der Waals surface area contributed by atoms with E-state index in [0.29, 0.717) is 11.3 Å². The largest absolute Gasteiger partial charge is 0.494 e. The third-order valence-electron chi connectivity index (χ3n) is 1.22. The molecular formula is C6H6F3NOS. The maximum atomic E-state index is 12.0. The van der Waals surface area contributed by atoms with Gasteiger partial charge in [-0.05, 0) is 0 Å². The normalized spacial score (nSPS) is 11.7. The molecule has 0 aliphatic heterocycles. The number of rotatable bonds is 1. The molecule has 6 heteroatoms. The number of ether oxygens (including phenoxy) is 1. The SMILES string of the molecule is COc1cc(C(F)(F)F)sc1N. The number of hydrogen-bond donors (Lipinski definition) is 1. The molecule has 0 unspecified atom stereocenters. The average Bonchev–Trinajstić information content (AvgIpc) is 2.29. The standard InChI is InChI=1S/C6H6F3NOS/c1-11-3-2-4(6(7,8)9)12-5(3)10/h2H,10H2,1H3. The molecule has 68 valence electrons. The number of thiophene rings is 1. The van der Waals surface area contributed by atoms with Crippen molar-refractivity contribution in [2.45, 2.75) is 6.18 Å². The molecule has 0 amide bonds. The van der Waals surface area contributed by atoms with Crippen LogP contribution >= 0.6 is 11.3 Å². The van der Waals surface area contributed by atoms with E-state index in [1.54, 1.807) is 0 Å². The quantitative estimate of drug-likeness (QED) is 0.750. The van der Waals surface area contributed by atoms with Crippen molar-refractivity contribution in [1.29, 1.82) is 0 Å².